The van der Waals surface area contributed by atoms with Gasteiger partial charge in [0.05, 0.1) is 0 Å². The van der Waals surface area contributed by atoms with Gasteiger partial charge < -0.3 is 0 Å². The number of aryl methyl sites for hydroxylation is 1. The lowest BCUT2D eigenvalue weighted by Gasteiger charge is -2.31. The second-order valence-corrected chi connectivity index (χ2v) is 10.2. The van der Waals surface area contributed by atoms with Crippen molar-refractivity contribution in [2.24, 2.45) is 10.8 Å². The fourth-order valence-corrected chi connectivity index (χ4v) is 5.56. The van der Waals surface area contributed by atoms with E-state index in [0.717, 1.165) is 6.42 Å². The van der Waals surface area contributed by atoms with Crippen LogP contribution in [0.25, 0.3) is 22.8 Å². The Morgan fingerprint density at radius 3 is 2.39 bits per heavy atom. The topological polar surface area (TPSA) is 0 Å². The zero-order valence-corrected chi connectivity index (χ0v) is 17.8. The van der Waals surface area contributed by atoms with Gasteiger partial charge in [-0.1, -0.05) is 81.8 Å². The van der Waals surface area contributed by atoms with Gasteiger partial charge in [-0.3, -0.25) is 0 Å². The molecule has 0 unspecified atom stereocenters. The summed E-state index contributed by atoms with van der Waals surface area (Å²) in [6.07, 6.45) is 8.65. The van der Waals surface area contributed by atoms with E-state index < -0.39 is 0 Å². The summed E-state index contributed by atoms with van der Waals surface area (Å²) in [6, 6.07) is 15.9. The molecular weight excluding hydrogens is 336 g/mol. The molecule has 0 heterocycles. The molecule has 0 nitrogen and oxygen atoms in total. The van der Waals surface area contributed by atoms with E-state index in [2.05, 4.69) is 89.2 Å². The molecule has 5 rings (SSSR count). The summed E-state index contributed by atoms with van der Waals surface area (Å²) in [5.74, 6) is 0. The van der Waals surface area contributed by atoms with E-state index in [0.29, 0.717) is 5.41 Å². The second-order valence-electron chi connectivity index (χ2n) is 10.2. The third kappa shape index (κ3) is 2.73. The summed E-state index contributed by atoms with van der Waals surface area (Å²) >= 11 is 0. The maximum Gasteiger partial charge on any atom is 0.00903 e. The summed E-state index contributed by atoms with van der Waals surface area (Å²) in [5.41, 5.74) is 10.8. The maximum absolute atomic E-state index is 2.56. The van der Waals surface area contributed by atoms with Gasteiger partial charge in [0.2, 0.25) is 0 Å². The normalized spacial score (nSPS) is 21.5. The summed E-state index contributed by atoms with van der Waals surface area (Å²) in [6.45, 7) is 11.7. The Kier molecular flexibility index (Phi) is 3.69. The predicted octanol–water partition coefficient (Wildman–Crippen LogP) is 6.08. The minimum absolute atomic E-state index is 0.111. The van der Waals surface area contributed by atoms with Gasteiger partial charge in [0.25, 0.3) is 0 Å². The van der Waals surface area contributed by atoms with Crippen LogP contribution in [0.1, 0.15) is 52.5 Å². The highest BCUT2D eigenvalue weighted by Crippen LogP contribution is 2.52. The molecule has 0 N–H and O–H groups in total. The van der Waals surface area contributed by atoms with Crippen molar-refractivity contribution in [3.63, 3.8) is 0 Å². The first kappa shape index (κ1) is 17.7. The third-order valence-electron chi connectivity index (χ3n) is 6.83. The van der Waals surface area contributed by atoms with Crippen LogP contribution in [-0.2, 0) is 0 Å². The van der Waals surface area contributed by atoms with Crippen LogP contribution in [-0.4, -0.2) is 0 Å². The standard InChI is InChI=1S/C28H30/c1-18-7-6-8-19(13-18)20-9-10-21-17-28(4,5)26-23-11-12-27(2,3)16-22(23)15-25(26)24(21)14-20/h6-10,13-14,16-17H,11-12,15H2,1-5H3. The van der Waals surface area contributed by atoms with Crippen molar-refractivity contribution >= 4 is 11.6 Å². The number of fused-ring (bicyclic) bond motifs is 3. The number of hydrogen-bond acceptors (Lipinski definition) is 0. The molecule has 0 aliphatic heterocycles. The van der Waals surface area contributed by atoms with Crippen molar-refractivity contribution in [1.82, 2.24) is 0 Å². The first-order chi connectivity index (χ1) is 13.2. The molecule has 3 aliphatic carbocycles. The van der Waals surface area contributed by atoms with Crippen LogP contribution in [0.2, 0.25) is 0 Å². The molecule has 0 saturated carbocycles. The van der Waals surface area contributed by atoms with E-state index in [1.54, 1.807) is 22.3 Å². The SMILES string of the molecule is Cc1cccc(-c2ccc3c(c2)=C2CC4=CC(C)(C)CCC4=C2C(C)(C)C=3)c1. The molecule has 28 heavy (non-hydrogen) atoms. The molecule has 3 aliphatic rings. The molecule has 0 spiro atoms. The second kappa shape index (κ2) is 5.83. The maximum atomic E-state index is 2.56. The Labute approximate surface area is 169 Å². The zero-order chi connectivity index (χ0) is 19.7. The lowest BCUT2D eigenvalue weighted by molar-refractivity contribution is 0.420. The fraction of sp³-hybridized carbons (Fsp3) is 0.357. The molecule has 0 fully saturated rings. The van der Waals surface area contributed by atoms with Gasteiger partial charge in [-0.05, 0) is 81.5 Å². The predicted molar refractivity (Wildman–Crippen MR) is 120 cm³/mol. The van der Waals surface area contributed by atoms with Crippen molar-refractivity contribution in [3.8, 4) is 11.1 Å². The Morgan fingerprint density at radius 2 is 1.61 bits per heavy atom. The van der Waals surface area contributed by atoms with Crippen molar-refractivity contribution in [3.05, 3.63) is 81.3 Å². The Balaban J connectivity index is 1.78. The monoisotopic (exact) mass is 366 g/mol. The zero-order valence-electron chi connectivity index (χ0n) is 17.8. The van der Waals surface area contributed by atoms with E-state index in [1.807, 2.05) is 0 Å². The van der Waals surface area contributed by atoms with Crippen LogP contribution >= 0.6 is 0 Å². The van der Waals surface area contributed by atoms with E-state index in [9.17, 15) is 0 Å². The van der Waals surface area contributed by atoms with Crippen LogP contribution in [0, 0.1) is 17.8 Å². The molecule has 142 valence electrons. The smallest absolute Gasteiger partial charge is 0.00903 e. The number of allylic oxidation sites excluding steroid dienone is 4. The molecule has 0 bridgehead atoms. The van der Waals surface area contributed by atoms with E-state index >= 15 is 0 Å². The summed E-state index contributed by atoms with van der Waals surface area (Å²) in [4.78, 5) is 0. The lowest BCUT2D eigenvalue weighted by atomic mass is 9.73. The van der Waals surface area contributed by atoms with Gasteiger partial charge in [-0.15, -0.1) is 0 Å². The van der Waals surface area contributed by atoms with Crippen molar-refractivity contribution in [1.29, 1.82) is 0 Å². The van der Waals surface area contributed by atoms with Gasteiger partial charge in [-0.25, -0.2) is 0 Å². The van der Waals surface area contributed by atoms with E-state index in [1.165, 1.54) is 40.0 Å². The number of hydrogen-bond donors (Lipinski definition) is 0. The molecule has 2 aromatic rings. The Hall–Kier alpha value is -2.34. The van der Waals surface area contributed by atoms with Crippen LogP contribution in [0.5, 0.6) is 0 Å². The average Bonchev–Trinajstić information content (AvgIpc) is 3.00. The van der Waals surface area contributed by atoms with Gasteiger partial charge in [0.1, 0.15) is 0 Å². The summed E-state index contributed by atoms with van der Waals surface area (Å²) in [7, 11) is 0. The minimum Gasteiger partial charge on any atom is -0.0750 e. The number of rotatable bonds is 1. The quantitative estimate of drug-likeness (QED) is 0.574. The molecule has 2 aromatic carbocycles. The molecular formula is C28H30. The van der Waals surface area contributed by atoms with Gasteiger partial charge in [0, 0.05) is 5.41 Å². The summed E-state index contributed by atoms with van der Waals surface area (Å²) in [5, 5.41) is 2.85. The lowest BCUT2D eigenvalue weighted by Crippen LogP contribution is -2.35. The van der Waals surface area contributed by atoms with Crippen LogP contribution in [0.15, 0.2) is 65.3 Å². The largest absolute Gasteiger partial charge is 0.0750 e. The highest BCUT2D eigenvalue weighted by molar-refractivity contribution is 5.83. The van der Waals surface area contributed by atoms with Crippen LogP contribution in [0.3, 0.4) is 0 Å². The first-order valence-electron chi connectivity index (χ1n) is 10.6. The molecule has 0 amide bonds. The van der Waals surface area contributed by atoms with Crippen molar-refractivity contribution < 1.29 is 0 Å². The molecule has 0 aromatic heterocycles. The molecule has 0 saturated heterocycles. The van der Waals surface area contributed by atoms with Gasteiger partial charge in [0.15, 0.2) is 0 Å². The van der Waals surface area contributed by atoms with Crippen molar-refractivity contribution in [2.45, 2.75) is 53.9 Å². The van der Waals surface area contributed by atoms with Gasteiger partial charge in [-0.2, -0.15) is 0 Å². The molecule has 0 atom stereocenters. The summed E-state index contributed by atoms with van der Waals surface area (Å²) < 4.78 is 0. The third-order valence-corrected chi connectivity index (χ3v) is 6.83. The Morgan fingerprint density at radius 1 is 0.821 bits per heavy atom. The highest BCUT2D eigenvalue weighted by atomic mass is 14.4. The van der Waals surface area contributed by atoms with Crippen molar-refractivity contribution in [2.75, 3.05) is 0 Å². The number of benzene rings is 2. The first-order valence-corrected chi connectivity index (χ1v) is 10.6. The Bertz CT molecular complexity index is 1180. The fourth-order valence-electron chi connectivity index (χ4n) is 5.56. The highest BCUT2D eigenvalue weighted by Gasteiger charge is 2.38. The van der Waals surface area contributed by atoms with Crippen LogP contribution < -0.4 is 10.4 Å². The average molecular weight is 367 g/mol. The van der Waals surface area contributed by atoms with Gasteiger partial charge >= 0.3 is 0 Å². The van der Waals surface area contributed by atoms with E-state index in [-0.39, 0.29) is 5.41 Å². The minimum atomic E-state index is 0.111. The molecule has 0 heteroatoms. The van der Waals surface area contributed by atoms with Crippen LogP contribution in [0.4, 0.5) is 0 Å². The molecule has 0 radical (unpaired) electrons. The van der Waals surface area contributed by atoms with E-state index in [4.69, 9.17) is 0 Å².